The highest BCUT2D eigenvalue weighted by Crippen LogP contribution is 2.02. The molecule has 1 atom stereocenters. The molecule has 0 fully saturated rings. The first-order valence-electron chi connectivity index (χ1n) is 5.12. The average Bonchev–Trinajstić information content (AvgIpc) is 2.29. The molecule has 0 bridgehead atoms. The molecule has 0 saturated heterocycles. The van der Waals surface area contributed by atoms with Gasteiger partial charge in [0.2, 0.25) is 5.78 Å². The number of hydrogen-bond donors (Lipinski definition) is 1. The van der Waals surface area contributed by atoms with E-state index in [2.05, 4.69) is 0 Å². The molecule has 16 heavy (non-hydrogen) atoms. The van der Waals surface area contributed by atoms with Crippen molar-refractivity contribution in [2.24, 2.45) is 5.73 Å². The molecule has 0 spiro atoms. The van der Waals surface area contributed by atoms with Gasteiger partial charge in [-0.15, -0.1) is 6.42 Å². The van der Waals surface area contributed by atoms with E-state index in [1.807, 2.05) is 48.2 Å². The van der Waals surface area contributed by atoms with Gasteiger partial charge in [0.15, 0.2) is 0 Å². The van der Waals surface area contributed by atoms with Crippen LogP contribution in [0.4, 0.5) is 0 Å². The standard InChI is InChI=1S/C13H16N2O/c1-3-13(16)12(14)10-15(2)9-11-7-5-4-6-8-11/h1,4-8,12H,9-10,14H2,2H3. The fourth-order valence-corrected chi connectivity index (χ4v) is 1.49. The number of carbonyl (C=O) groups excluding carboxylic acids is 1. The van der Waals surface area contributed by atoms with Crippen LogP contribution in [0.5, 0.6) is 0 Å². The molecule has 0 aromatic heterocycles. The predicted octanol–water partition coefficient (Wildman–Crippen LogP) is 0.648. The summed E-state index contributed by atoms with van der Waals surface area (Å²) in [6, 6.07) is 9.40. The summed E-state index contributed by atoms with van der Waals surface area (Å²) in [6.07, 6.45) is 5.00. The van der Waals surface area contributed by atoms with Gasteiger partial charge in [-0.05, 0) is 18.5 Å². The van der Waals surface area contributed by atoms with E-state index < -0.39 is 6.04 Å². The van der Waals surface area contributed by atoms with Crippen LogP contribution in [0.3, 0.4) is 0 Å². The lowest BCUT2D eigenvalue weighted by Crippen LogP contribution is -2.40. The molecule has 0 amide bonds. The minimum atomic E-state index is -0.598. The van der Waals surface area contributed by atoms with Gasteiger partial charge in [0.25, 0.3) is 0 Å². The molecule has 0 saturated carbocycles. The fraction of sp³-hybridized carbons (Fsp3) is 0.308. The number of nitrogens with two attached hydrogens (primary N) is 1. The zero-order valence-corrected chi connectivity index (χ0v) is 9.39. The topological polar surface area (TPSA) is 46.3 Å². The molecule has 3 heteroatoms. The summed E-state index contributed by atoms with van der Waals surface area (Å²) in [7, 11) is 1.91. The summed E-state index contributed by atoms with van der Waals surface area (Å²) in [5.41, 5.74) is 6.83. The molecule has 0 aliphatic rings. The van der Waals surface area contributed by atoms with Gasteiger partial charge < -0.3 is 10.6 Å². The number of ketones is 1. The fourth-order valence-electron chi connectivity index (χ4n) is 1.49. The van der Waals surface area contributed by atoms with Gasteiger partial charge in [-0.2, -0.15) is 0 Å². The first-order valence-corrected chi connectivity index (χ1v) is 5.12. The number of rotatable bonds is 5. The second-order valence-electron chi connectivity index (χ2n) is 3.80. The summed E-state index contributed by atoms with van der Waals surface area (Å²) >= 11 is 0. The van der Waals surface area contributed by atoms with Crippen LogP contribution >= 0.6 is 0 Å². The van der Waals surface area contributed by atoms with Crippen molar-refractivity contribution in [3.8, 4) is 12.3 Å². The lowest BCUT2D eigenvalue weighted by molar-refractivity contribution is -0.115. The van der Waals surface area contributed by atoms with Gasteiger partial charge in [0.05, 0.1) is 6.04 Å². The lowest BCUT2D eigenvalue weighted by atomic mass is 10.1. The third-order valence-electron chi connectivity index (χ3n) is 2.28. The number of likely N-dealkylation sites (N-methyl/N-ethyl adjacent to an activating group) is 1. The minimum absolute atomic E-state index is 0.347. The highest BCUT2D eigenvalue weighted by Gasteiger charge is 2.13. The van der Waals surface area contributed by atoms with Crippen molar-refractivity contribution in [2.45, 2.75) is 12.6 Å². The van der Waals surface area contributed by atoms with E-state index in [0.717, 1.165) is 6.54 Å². The summed E-state index contributed by atoms with van der Waals surface area (Å²) in [5, 5.41) is 0. The summed E-state index contributed by atoms with van der Waals surface area (Å²) < 4.78 is 0. The Morgan fingerprint density at radius 2 is 2.12 bits per heavy atom. The van der Waals surface area contributed by atoms with E-state index in [1.165, 1.54) is 5.56 Å². The molecule has 0 aliphatic carbocycles. The van der Waals surface area contributed by atoms with Crippen molar-refractivity contribution in [3.05, 3.63) is 35.9 Å². The van der Waals surface area contributed by atoms with Gasteiger partial charge in [0.1, 0.15) is 0 Å². The Balaban J connectivity index is 2.46. The molecule has 1 aromatic rings. The van der Waals surface area contributed by atoms with Crippen LogP contribution in [0.2, 0.25) is 0 Å². The summed E-state index contributed by atoms with van der Waals surface area (Å²) in [5.74, 6) is 1.70. The van der Waals surface area contributed by atoms with Gasteiger partial charge in [-0.1, -0.05) is 30.3 Å². The largest absolute Gasteiger partial charge is 0.320 e. The van der Waals surface area contributed by atoms with Crippen LogP contribution in [-0.2, 0) is 11.3 Å². The Morgan fingerprint density at radius 1 is 1.50 bits per heavy atom. The second kappa shape index (κ2) is 6.06. The lowest BCUT2D eigenvalue weighted by Gasteiger charge is -2.19. The van der Waals surface area contributed by atoms with E-state index in [0.29, 0.717) is 6.54 Å². The Kier molecular flexibility index (Phi) is 4.71. The van der Waals surface area contributed by atoms with E-state index in [9.17, 15) is 4.79 Å². The van der Waals surface area contributed by atoms with Crippen LogP contribution in [0, 0.1) is 12.3 Å². The number of benzene rings is 1. The summed E-state index contributed by atoms with van der Waals surface area (Å²) in [4.78, 5) is 13.1. The first kappa shape index (κ1) is 12.4. The van der Waals surface area contributed by atoms with Crippen molar-refractivity contribution in [1.29, 1.82) is 0 Å². The molecule has 2 N–H and O–H groups in total. The van der Waals surface area contributed by atoms with Gasteiger partial charge in [-0.3, -0.25) is 4.79 Å². The Labute approximate surface area is 96.2 Å². The van der Waals surface area contributed by atoms with Gasteiger partial charge in [0, 0.05) is 13.1 Å². The Morgan fingerprint density at radius 3 is 2.69 bits per heavy atom. The molecule has 0 aliphatic heterocycles. The van der Waals surface area contributed by atoms with E-state index in [-0.39, 0.29) is 5.78 Å². The Hall–Kier alpha value is -1.63. The summed E-state index contributed by atoms with van der Waals surface area (Å²) in [6.45, 7) is 1.23. The third-order valence-corrected chi connectivity index (χ3v) is 2.28. The molecule has 1 unspecified atom stereocenters. The zero-order chi connectivity index (χ0) is 12.0. The van der Waals surface area contributed by atoms with Crippen LogP contribution in [-0.4, -0.2) is 30.3 Å². The molecular weight excluding hydrogens is 200 g/mol. The molecular formula is C13H16N2O. The number of nitrogens with zero attached hydrogens (tertiary/aromatic N) is 1. The SMILES string of the molecule is C#CC(=O)C(N)CN(C)Cc1ccccc1. The molecule has 1 rings (SSSR count). The van der Waals surface area contributed by atoms with Crippen LogP contribution in [0.25, 0.3) is 0 Å². The maximum absolute atomic E-state index is 11.1. The predicted molar refractivity (Wildman–Crippen MR) is 64.6 cm³/mol. The monoisotopic (exact) mass is 216 g/mol. The zero-order valence-electron chi connectivity index (χ0n) is 9.39. The molecule has 0 heterocycles. The van der Waals surface area contributed by atoms with E-state index in [1.54, 1.807) is 0 Å². The highest BCUT2D eigenvalue weighted by molar-refractivity contribution is 5.99. The third kappa shape index (κ3) is 3.85. The second-order valence-corrected chi connectivity index (χ2v) is 3.80. The van der Waals surface area contributed by atoms with Crippen molar-refractivity contribution in [2.75, 3.05) is 13.6 Å². The van der Waals surface area contributed by atoms with Crippen molar-refractivity contribution in [1.82, 2.24) is 4.90 Å². The van der Waals surface area contributed by atoms with Crippen molar-refractivity contribution < 1.29 is 4.79 Å². The highest BCUT2D eigenvalue weighted by atomic mass is 16.1. The maximum Gasteiger partial charge on any atom is 0.223 e. The van der Waals surface area contributed by atoms with Gasteiger partial charge >= 0.3 is 0 Å². The quantitative estimate of drug-likeness (QED) is 0.580. The molecule has 1 aromatic carbocycles. The maximum atomic E-state index is 11.1. The number of Topliss-reactive ketones (excluding diaryl/α,β-unsaturated/α-hetero) is 1. The molecule has 0 radical (unpaired) electrons. The average molecular weight is 216 g/mol. The van der Waals surface area contributed by atoms with Crippen molar-refractivity contribution in [3.63, 3.8) is 0 Å². The normalized spacial score (nSPS) is 12.1. The molecule has 3 nitrogen and oxygen atoms in total. The number of terminal acetylenes is 1. The van der Waals surface area contributed by atoms with Crippen LogP contribution < -0.4 is 5.73 Å². The van der Waals surface area contributed by atoms with Crippen LogP contribution in [0.1, 0.15) is 5.56 Å². The minimum Gasteiger partial charge on any atom is -0.320 e. The first-order chi connectivity index (χ1) is 7.63. The Bertz CT molecular complexity index is 381. The van der Waals surface area contributed by atoms with E-state index in [4.69, 9.17) is 12.2 Å². The smallest absolute Gasteiger partial charge is 0.223 e. The van der Waals surface area contributed by atoms with E-state index >= 15 is 0 Å². The number of hydrogen-bond acceptors (Lipinski definition) is 3. The van der Waals surface area contributed by atoms with Crippen molar-refractivity contribution >= 4 is 5.78 Å². The van der Waals surface area contributed by atoms with Crippen LogP contribution in [0.15, 0.2) is 30.3 Å². The number of carbonyl (C=O) groups is 1. The van der Waals surface area contributed by atoms with Gasteiger partial charge in [-0.25, -0.2) is 0 Å². The molecule has 84 valence electrons.